The Balaban J connectivity index is 1.61. The molecule has 0 atom stereocenters. The molecule has 7 heteroatoms. The zero-order chi connectivity index (χ0) is 23.2. The van der Waals surface area contributed by atoms with Gasteiger partial charge in [-0.15, -0.1) is 0 Å². The summed E-state index contributed by atoms with van der Waals surface area (Å²) in [5.41, 5.74) is 3.36. The summed E-state index contributed by atoms with van der Waals surface area (Å²) in [4.78, 5) is 22.6. The smallest absolute Gasteiger partial charge is 0.227 e. The first kappa shape index (κ1) is 22.2. The lowest BCUT2D eigenvalue weighted by Crippen LogP contribution is -2.29. The number of aromatic nitrogens is 2. The third-order valence-corrected chi connectivity index (χ3v) is 5.66. The van der Waals surface area contributed by atoms with Crippen LogP contribution >= 0.6 is 0 Å². The minimum atomic E-state index is -0.590. The Morgan fingerprint density at radius 2 is 2.03 bits per heavy atom. The molecule has 1 saturated heterocycles. The lowest BCUT2D eigenvalue weighted by molar-refractivity contribution is -0.114. The van der Waals surface area contributed by atoms with Crippen molar-refractivity contribution < 1.29 is 9.18 Å². The average molecular weight is 442 g/mol. The zero-order valence-electron chi connectivity index (χ0n) is 18.2. The molecular weight excluding hydrogens is 417 g/mol. The van der Waals surface area contributed by atoms with Gasteiger partial charge < -0.3 is 10.2 Å². The SMILES string of the molecule is C=CC(=O)Cc1cc(-c2nc(Nc3cccc(N4CCCCC4)c3)ncc2F)ccc1C#N. The number of anilines is 3. The van der Waals surface area contributed by atoms with E-state index in [2.05, 4.69) is 38.9 Å². The van der Waals surface area contributed by atoms with E-state index < -0.39 is 5.82 Å². The van der Waals surface area contributed by atoms with E-state index in [0.29, 0.717) is 16.7 Å². The van der Waals surface area contributed by atoms with Gasteiger partial charge in [0.15, 0.2) is 11.6 Å². The molecule has 0 spiro atoms. The van der Waals surface area contributed by atoms with Gasteiger partial charge in [-0.3, -0.25) is 4.79 Å². The van der Waals surface area contributed by atoms with Crippen molar-refractivity contribution in [1.29, 1.82) is 5.26 Å². The first-order valence-electron chi connectivity index (χ1n) is 10.9. The van der Waals surface area contributed by atoms with Gasteiger partial charge in [-0.1, -0.05) is 18.7 Å². The Labute approximate surface area is 192 Å². The summed E-state index contributed by atoms with van der Waals surface area (Å²) < 4.78 is 14.6. The molecule has 4 rings (SSSR count). The van der Waals surface area contributed by atoms with Crippen LogP contribution in [0.4, 0.5) is 21.7 Å². The van der Waals surface area contributed by atoms with E-state index >= 15 is 0 Å². The van der Waals surface area contributed by atoms with Crippen LogP contribution in [0.3, 0.4) is 0 Å². The minimum Gasteiger partial charge on any atom is -0.371 e. The number of hydrogen-bond acceptors (Lipinski definition) is 6. The molecule has 166 valence electrons. The summed E-state index contributed by atoms with van der Waals surface area (Å²) in [6.45, 7) is 5.55. The van der Waals surface area contributed by atoms with Gasteiger partial charge >= 0.3 is 0 Å². The molecule has 0 unspecified atom stereocenters. The predicted molar refractivity (Wildman–Crippen MR) is 127 cm³/mol. The van der Waals surface area contributed by atoms with Crippen molar-refractivity contribution >= 4 is 23.1 Å². The van der Waals surface area contributed by atoms with Crippen LogP contribution in [-0.4, -0.2) is 28.8 Å². The van der Waals surface area contributed by atoms with Crippen LogP contribution in [-0.2, 0) is 11.2 Å². The Kier molecular flexibility index (Phi) is 6.75. The van der Waals surface area contributed by atoms with Crippen LogP contribution in [0.15, 0.2) is 61.3 Å². The van der Waals surface area contributed by atoms with Gasteiger partial charge in [0.1, 0.15) is 5.69 Å². The highest BCUT2D eigenvalue weighted by Crippen LogP contribution is 2.27. The highest BCUT2D eigenvalue weighted by molar-refractivity contribution is 5.91. The quantitative estimate of drug-likeness (QED) is 0.509. The highest BCUT2D eigenvalue weighted by atomic mass is 19.1. The van der Waals surface area contributed by atoms with E-state index in [9.17, 15) is 14.4 Å². The molecule has 0 aliphatic carbocycles. The fourth-order valence-corrected chi connectivity index (χ4v) is 3.95. The van der Waals surface area contributed by atoms with E-state index in [0.717, 1.165) is 30.7 Å². The second-order valence-electron chi connectivity index (χ2n) is 7.94. The number of piperidine rings is 1. The standard InChI is InChI=1S/C26H24FN5O/c1-2-23(33)14-20-13-18(9-10-19(20)16-28)25-24(27)17-29-26(31-25)30-21-7-6-8-22(15-21)32-11-4-3-5-12-32/h2,6-10,13,15,17H,1,3-5,11-12,14H2,(H,29,30,31). The predicted octanol–water partition coefficient (Wildman–Crippen LogP) is 5.19. The Morgan fingerprint density at radius 1 is 1.21 bits per heavy atom. The first-order chi connectivity index (χ1) is 16.1. The highest BCUT2D eigenvalue weighted by Gasteiger charge is 2.15. The van der Waals surface area contributed by atoms with E-state index in [1.54, 1.807) is 18.2 Å². The van der Waals surface area contributed by atoms with Crippen molar-refractivity contribution in [2.24, 2.45) is 0 Å². The van der Waals surface area contributed by atoms with Gasteiger partial charge in [-0.2, -0.15) is 5.26 Å². The van der Waals surface area contributed by atoms with Crippen molar-refractivity contribution in [1.82, 2.24) is 9.97 Å². The molecule has 6 nitrogen and oxygen atoms in total. The summed E-state index contributed by atoms with van der Waals surface area (Å²) in [7, 11) is 0. The molecular formula is C26H24FN5O. The summed E-state index contributed by atoms with van der Waals surface area (Å²) in [6.07, 6.45) is 5.98. The molecule has 0 radical (unpaired) electrons. The number of hydrogen-bond donors (Lipinski definition) is 1. The van der Waals surface area contributed by atoms with Crippen molar-refractivity contribution in [3.63, 3.8) is 0 Å². The van der Waals surface area contributed by atoms with Gasteiger partial charge in [-0.05, 0) is 61.2 Å². The van der Waals surface area contributed by atoms with Gasteiger partial charge in [-0.25, -0.2) is 14.4 Å². The van der Waals surface area contributed by atoms with E-state index in [-0.39, 0.29) is 23.8 Å². The van der Waals surface area contributed by atoms with Crippen LogP contribution in [0.1, 0.15) is 30.4 Å². The third-order valence-electron chi connectivity index (χ3n) is 5.66. The maximum absolute atomic E-state index is 14.6. The van der Waals surface area contributed by atoms with Crippen molar-refractivity contribution in [3.8, 4) is 17.3 Å². The summed E-state index contributed by atoms with van der Waals surface area (Å²) >= 11 is 0. The van der Waals surface area contributed by atoms with Gasteiger partial charge in [0.25, 0.3) is 0 Å². The van der Waals surface area contributed by atoms with Crippen LogP contribution in [0.25, 0.3) is 11.3 Å². The number of halogens is 1. The number of nitriles is 1. The van der Waals surface area contributed by atoms with Crippen LogP contribution in [0.5, 0.6) is 0 Å². The Morgan fingerprint density at radius 3 is 2.79 bits per heavy atom. The number of carbonyl (C=O) groups excluding carboxylic acids is 1. The molecule has 1 aliphatic heterocycles. The largest absolute Gasteiger partial charge is 0.371 e. The second kappa shape index (κ2) is 10.0. The number of nitrogens with one attached hydrogen (secondary N) is 1. The summed E-state index contributed by atoms with van der Waals surface area (Å²) in [6, 6.07) is 14.9. The number of carbonyl (C=O) groups is 1. The molecule has 0 amide bonds. The van der Waals surface area contributed by atoms with Crippen LogP contribution in [0, 0.1) is 17.1 Å². The number of benzene rings is 2. The molecule has 2 heterocycles. The van der Waals surface area contributed by atoms with E-state index in [1.165, 1.54) is 25.3 Å². The molecule has 3 aromatic rings. The lowest BCUT2D eigenvalue weighted by atomic mass is 9.98. The fraction of sp³-hybridized carbons (Fsp3) is 0.231. The van der Waals surface area contributed by atoms with Crippen molar-refractivity contribution in [2.75, 3.05) is 23.3 Å². The first-order valence-corrected chi connectivity index (χ1v) is 10.9. The third kappa shape index (κ3) is 5.24. The molecule has 0 bridgehead atoms. The minimum absolute atomic E-state index is 0.0152. The van der Waals surface area contributed by atoms with Gasteiger partial charge in [0.2, 0.25) is 5.95 Å². The normalized spacial score (nSPS) is 13.3. The molecule has 1 N–H and O–H groups in total. The molecule has 33 heavy (non-hydrogen) atoms. The average Bonchev–Trinajstić information content (AvgIpc) is 2.86. The molecule has 0 saturated carbocycles. The van der Waals surface area contributed by atoms with E-state index in [4.69, 9.17) is 0 Å². The lowest BCUT2D eigenvalue weighted by Gasteiger charge is -2.29. The van der Waals surface area contributed by atoms with Crippen LogP contribution in [0.2, 0.25) is 0 Å². The Hall–Kier alpha value is -4.05. The molecule has 2 aromatic carbocycles. The van der Waals surface area contributed by atoms with E-state index in [1.807, 2.05) is 18.2 Å². The monoisotopic (exact) mass is 441 g/mol. The number of rotatable bonds is 7. The molecule has 1 fully saturated rings. The number of nitrogens with zero attached hydrogens (tertiary/aromatic N) is 4. The number of allylic oxidation sites excluding steroid dienone is 1. The van der Waals surface area contributed by atoms with Gasteiger partial charge in [0, 0.05) is 36.4 Å². The second-order valence-corrected chi connectivity index (χ2v) is 7.94. The zero-order valence-corrected chi connectivity index (χ0v) is 18.2. The summed E-state index contributed by atoms with van der Waals surface area (Å²) in [5.74, 6) is -0.550. The van der Waals surface area contributed by atoms with Crippen molar-refractivity contribution in [2.45, 2.75) is 25.7 Å². The fourth-order valence-electron chi connectivity index (χ4n) is 3.95. The maximum Gasteiger partial charge on any atom is 0.227 e. The van der Waals surface area contributed by atoms with Crippen LogP contribution < -0.4 is 10.2 Å². The Bertz CT molecular complexity index is 1230. The summed E-state index contributed by atoms with van der Waals surface area (Å²) in [5, 5.41) is 12.5. The van der Waals surface area contributed by atoms with Crippen molar-refractivity contribution in [3.05, 3.63) is 78.3 Å². The maximum atomic E-state index is 14.6. The topological polar surface area (TPSA) is 81.9 Å². The molecule has 1 aromatic heterocycles. The van der Waals surface area contributed by atoms with Gasteiger partial charge in [0.05, 0.1) is 17.8 Å². The molecule has 1 aliphatic rings. The number of ketones is 1.